The highest BCUT2D eigenvalue weighted by Gasteiger charge is 2.20. The van der Waals surface area contributed by atoms with Crippen LogP contribution in [-0.2, 0) is 4.79 Å². The Morgan fingerprint density at radius 1 is 1.16 bits per heavy atom. The first-order valence-electron chi connectivity index (χ1n) is 7.43. The molecule has 0 aromatic rings. The number of aliphatic carboxylic acids is 1. The smallest absolute Gasteiger partial charge is 0.326 e. The van der Waals surface area contributed by atoms with Gasteiger partial charge in [-0.25, -0.2) is 9.59 Å². The van der Waals surface area contributed by atoms with Crippen LogP contribution in [0.4, 0.5) is 4.79 Å². The molecule has 110 valence electrons. The summed E-state index contributed by atoms with van der Waals surface area (Å²) in [6.45, 7) is 1.91. The summed E-state index contributed by atoms with van der Waals surface area (Å²) in [6.07, 6.45) is 9.23. The molecular formula is C14H26N2O3. The maximum Gasteiger partial charge on any atom is 0.326 e. The fourth-order valence-electron chi connectivity index (χ4n) is 2.53. The highest BCUT2D eigenvalue weighted by atomic mass is 16.4. The van der Waals surface area contributed by atoms with Crippen LogP contribution in [0.2, 0.25) is 0 Å². The van der Waals surface area contributed by atoms with Crippen molar-refractivity contribution >= 4 is 12.0 Å². The Morgan fingerprint density at radius 2 is 1.74 bits per heavy atom. The quantitative estimate of drug-likeness (QED) is 0.718. The second-order valence-corrected chi connectivity index (χ2v) is 5.34. The van der Waals surface area contributed by atoms with Crippen molar-refractivity contribution in [3.8, 4) is 0 Å². The molecule has 0 saturated heterocycles. The summed E-state index contributed by atoms with van der Waals surface area (Å²) in [5, 5.41) is 14.5. The Labute approximate surface area is 115 Å². The summed E-state index contributed by atoms with van der Waals surface area (Å²) in [4.78, 5) is 22.8. The zero-order valence-corrected chi connectivity index (χ0v) is 11.8. The van der Waals surface area contributed by atoms with Gasteiger partial charge >= 0.3 is 12.0 Å². The molecule has 0 aromatic heterocycles. The average molecular weight is 270 g/mol. The van der Waals surface area contributed by atoms with E-state index in [1.54, 1.807) is 0 Å². The number of hydrogen-bond donors (Lipinski definition) is 3. The molecule has 1 fully saturated rings. The van der Waals surface area contributed by atoms with E-state index in [9.17, 15) is 9.59 Å². The van der Waals surface area contributed by atoms with Crippen LogP contribution in [0.15, 0.2) is 0 Å². The standard InChI is InChI=1S/C14H26N2O3/c1-2-8-12(13(17)18)16-14(19)15-11-9-6-4-3-5-7-10-11/h11-12H,2-10H2,1H3,(H,17,18)(H2,15,16,19)/t12-/m1/s1. The topological polar surface area (TPSA) is 78.4 Å². The molecule has 5 heteroatoms. The van der Waals surface area contributed by atoms with Crippen molar-refractivity contribution in [2.75, 3.05) is 0 Å². The monoisotopic (exact) mass is 270 g/mol. The molecular weight excluding hydrogens is 244 g/mol. The lowest BCUT2D eigenvalue weighted by atomic mass is 9.97. The van der Waals surface area contributed by atoms with Crippen LogP contribution < -0.4 is 10.6 Å². The highest BCUT2D eigenvalue weighted by Crippen LogP contribution is 2.16. The van der Waals surface area contributed by atoms with Gasteiger partial charge in [0.2, 0.25) is 0 Å². The van der Waals surface area contributed by atoms with Gasteiger partial charge in [0, 0.05) is 6.04 Å². The summed E-state index contributed by atoms with van der Waals surface area (Å²) in [6, 6.07) is -0.929. The van der Waals surface area contributed by atoms with Crippen molar-refractivity contribution in [3.05, 3.63) is 0 Å². The maximum atomic E-state index is 11.8. The number of rotatable bonds is 5. The van der Waals surface area contributed by atoms with E-state index in [0.29, 0.717) is 6.42 Å². The van der Waals surface area contributed by atoms with E-state index in [2.05, 4.69) is 10.6 Å². The summed E-state index contributed by atoms with van der Waals surface area (Å²) >= 11 is 0. The molecule has 0 unspecified atom stereocenters. The third-order valence-corrected chi connectivity index (χ3v) is 3.62. The Balaban J connectivity index is 2.37. The molecule has 5 nitrogen and oxygen atoms in total. The molecule has 3 N–H and O–H groups in total. The molecule has 1 atom stereocenters. The van der Waals surface area contributed by atoms with Gasteiger partial charge in [0.15, 0.2) is 0 Å². The van der Waals surface area contributed by atoms with Crippen molar-refractivity contribution in [2.24, 2.45) is 0 Å². The first kappa shape index (κ1) is 15.8. The Kier molecular flexibility index (Phi) is 7.30. The van der Waals surface area contributed by atoms with Gasteiger partial charge in [-0.3, -0.25) is 0 Å². The zero-order valence-electron chi connectivity index (χ0n) is 11.8. The van der Waals surface area contributed by atoms with Crippen LogP contribution in [0, 0.1) is 0 Å². The minimum atomic E-state index is -0.963. The van der Waals surface area contributed by atoms with E-state index in [-0.39, 0.29) is 12.1 Å². The number of urea groups is 1. The second-order valence-electron chi connectivity index (χ2n) is 5.34. The lowest BCUT2D eigenvalue weighted by molar-refractivity contribution is -0.139. The largest absolute Gasteiger partial charge is 0.480 e. The number of carboxylic acids is 1. The van der Waals surface area contributed by atoms with Gasteiger partial charge in [-0.05, 0) is 19.3 Å². The Bertz CT molecular complexity index is 286. The van der Waals surface area contributed by atoms with Crippen molar-refractivity contribution in [1.82, 2.24) is 10.6 Å². The normalized spacial score (nSPS) is 19.0. The van der Waals surface area contributed by atoms with E-state index in [4.69, 9.17) is 5.11 Å². The third kappa shape index (κ3) is 6.45. The van der Waals surface area contributed by atoms with Gasteiger partial charge < -0.3 is 15.7 Å². The minimum Gasteiger partial charge on any atom is -0.480 e. The van der Waals surface area contributed by atoms with Crippen LogP contribution in [-0.4, -0.2) is 29.2 Å². The van der Waals surface area contributed by atoms with Crippen LogP contribution in [0.3, 0.4) is 0 Å². The summed E-state index contributed by atoms with van der Waals surface area (Å²) in [7, 11) is 0. The summed E-state index contributed by atoms with van der Waals surface area (Å²) in [5.41, 5.74) is 0. The van der Waals surface area contributed by atoms with Gasteiger partial charge in [-0.2, -0.15) is 0 Å². The number of carbonyl (C=O) groups is 2. The fraction of sp³-hybridized carbons (Fsp3) is 0.857. The van der Waals surface area contributed by atoms with Crippen molar-refractivity contribution in [1.29, 1.82) is 0 Å². The molecule has 1 aliphatic rings. The van der Waals surface area contributed by atoms with E-state index < -0.39 is 12.0 Å². The van der Waals surface area contributed by atoms with E-state index >= 15 is 0 Å². The van der Waals surface area contributed by atoms with Crippen LogP contribution in [0.1, 0.15) is 64.7 Å². The summed E-state index contributed by atoms with van der Waals surface area (Å²) < 4.78 is 0. The lowest BCUT2D eigenvalue weighted by Crippen LogP contribution is -2.49. The first-order valence-corrected chi connectivity index (χ1v) is 7.43. The number of amides is 2. The predicted octanol–water partition coefficient (Wildman–Crippen LogP) is 2.65. The molecule has 0 spiro atoms. The van der Waals surface area contributed by atoms with Crippen LogP contribution >= 0.6 is 0 Å². The van der Waals surface area contributed by atoms with E-state index in [1.807, 2.05) is 6.92 Å². The van der Waals surface area contributed by atoms with Crippen molar-refractivity contribution in [3.63, 3.8) is 0 Å². The molecule has 19 heavy (non-hydrogen) atoms. The highest BCUT2D eigenvalue weighted by molar-refractivity contribution is 5.82. The summed E-state index contributed by atoms with van der Waals surface area (Å²) in [5.74, 6) is -0.963. The van der Waals surface area contributed by atoms with E-state index in [0.717, 1.165) is 32.1 Å². The zero-order chi connectivity index (χ0) is 14.1. The minimum absolute atomic E-state index is 0.191. The van der Waals surface area contributed by atoms with Gasteiger partial charge in [-0.1, -0.05) is 45.4 Å². The number of nitrogens with one attached hydrogen (secondary N) is 2. The molecule has 2 amide bonds. The van der Waals surface area contributed by atoms with Crippen LogP contribution in [0.5, 0.6) is 0 Å². The molecule has 1 aliphatic carbocycles. The fourth-order valence-corrected chi connectivity index (χ4v) is 2.53. The number of hydrogen-bond acceptors (Lipinski definition) is 2. The van der Waals surface area contributed by atoms with Gasteiger partial charge in [0.1, 0.15) is 6.04 Å². The Hall–Kier alpha value is -1.26. The average Bonchev–Trinajstić information content (AvgIpc) is 2.31. The molecule has 0 heterocycles. The molecule has 0 bridgehead atoms. The first-order chi connectivity index (χ1) is 9.13. The lowest BCUT2D eigenvalue weighted by Gasteiger charge is -2.22. The number of carbonyl (C=O) groups excluding carboxylic acids is 1. The van der Waals surface area contributed by atoms with E-state index in [1.165, 1.54) is 19.3 Å². The molecule has 1 saturated carbocycles. The molecule has 1 rings (SSSR count). The second kappa shape index (κ2) is 8.77. The predicted molar refractivity (Wildman–Crippen MR) is 74.1 cm³/mol. The van der Waals surface area contributed by atoms with Crippen LogP contribution in [0.25, 0.3) is 0 Å². The molecule has 0 aromatic carbocycles. The maximum absolute atomic E-state index is 11.8. The van der Waals surface area contributed by atoms with Gasteiger partial charge in [0.05, 0.1) is 0 Å². The van der Waals surface area contributed by atoms with Crippen molar-refractivity contribution in [2.45, 2.75) is 76.8 Å². The number of carboxylic acid groups (broad SMARTS) is 1. The third-order valence-electron chi connectivity index (χ3n) is 3.62. The SMILES string of the molecule is CCC[C@@H](NC(=O)NC1CCCCCCC1)C(=O)O. The van der Waals surface area contributed by atoms with Gasteiger partial charge in [-0.15, -0.1) is 0 Å². The van der Waals surface area contributed by atoms with Gasteiger partial charge in [0.25, 0.3) is 0 Å². The molecule has 0 aliphatic heterocycles. The molecule has 0 radical (unpaired) electrons. The van der Waals surface area contributed by atoms with Crippen molar-refractivity contribution < 1.29 is 14.7 Å². The Morgan fingerprint density at radius 3 is 2.26 bits per heavy atom.